The summed E-state index contributed by atoms with van der Waals surface area (Å²) in [4.78, 5) is 4.83. The third-order valence-electron chi connectivity index (χ3n) is 7.28. The molecule has 0 bridgehead atoms. The standard InChI is InChI=1S/C27H29ClN2O2/c28-21-10-12-22(13-11-21)30-18-16-29(17-19-30)15-14-27(20-6-2-1-3-7-20)25(31)23-8-4-5-9-24(23)26(27)32/h1-13,25-26,31-32H,14-19H2. The lowest BCUT2D eigenvalue weighted by Gasteiger charge is -2.41. The van der Waals surface area contributed by atoms with E-state index in [1.165, 1.54) is 5.69 Å². The summed E-state index contributed by atoms with van der Waals surface area (Å²) in [6.07, 6.45) is -0.771. The zero-order valence-corrected chi connectivity index (χ0v) is 18.8. The van der Waals surface area contributed by atoms with Gasteiger partial charge in [-0.1, -0.05) is 66.2 Å². The van der Waals surface area contributed by atoms with E-state index in [0.717, 1.165) is 54.4 Å². The topological polar surface area (TPSA) is 46.9 Å². The van der Waals surface area contributed by atoms with Crippen LogP contribution < -0.4 is 4.90 Å². The summed E-state index contributed by atoms with van der Waals surface area (Å²) in [7, 11) is 0. The Bertz CT molecular complexity index is 1020. The molecular weight excluding hydrogens is 420 g/mol. The quantitative estimate of drug-likeness (QED) is 0.600. The van der Waals surface area contributed by atoms with Crippen LogP contribution >= 0.6 is 11.6 Å². The maximum atomic E-state index is 11.5. The van der Waals surface area contributed by atoms with Gasteiger partial charge in [0.2, 0.25) is 0 Å². The number of hydrogen-bond acceptors (Lipinski definition) is 4. The molecule has 0 spiro atoms. The maximum Gasteiger partial charge on any atom is 0.0919 e. The zero-order chi connectivity index (χ0) is 22.1. The number of aliphatic hydroxyl groups excluding tert-OH is 2. The molecule has 2 atom stereocenters. The average molecular weight is 449 g/mol. The number of hydrogen-bond donors (Lipinski definition) is 2. The van der Waals surface area contributed by atoms with Crippen molar-refractivity contribution in [3.8, 4) is 0 Å². The van der Waals surface area contributed by atoms with Crippen molar-refractivity contribution in [1.29, 1.82) is 0 Å². The first kappa shape index (κ1) is 21.5. The Hall–Kier alpha value is -2.37. The lowest BCUT2D eigenvalue weighted by atomic mass is 9.71. The van der Waals surface area contributed by atoms with Gasteiger partial charge in [-0.2, -0.15) is 0 Å². The number of anilines is 1. The van der Waals surface area contributed by atoms with Gasteiger partial charge in [-0.3, -0.25) is 4.90 Å². The summed E-state index contributed by atoms with van der Waals surface area (Å²) < 4.78 is 0. The van der Waals surface area contributed by atoms with Crippen molar-refractivity contribution in [2.75, 3.05) is 37.6 Å². The highest BCUT2D eigenvalue weighted by Crippen LogP contribution is 2.56. The van der Waals surface area contributed by atoms with E-state index in [-0.39, 0.29) is 0 Å². The number of nitrogens with zero attached hydrogens (tertiary/aromatic N) is 2. The van der Waals surface area contributed by atoms with Gasteiger partial charge < -0.3 is 15.1 Å². The minimum absolute atomic E-state index is 0.689. The van der Waals surface area contributed by atoms with E-state index in [0.29, 0.717) is 6.42 Å². The fraction of sp³-hybridized carbons (Fsp3) is 0.333. The Morgan fingerprint density at radius 3 is 1.91 bits per heavy atom. The molecule has 1 fully saturated rings. The summed E-state index contributed by atoms with van der Waals surface area (Å²) in [5, 5.41) is 23.7. The van der Waals surface area contributed by atoms with E-state index in [1.807, 2.05) is 66.7 Å². The van der Waals surface area contributed by atoms with Gasteiger partial charge >= 0.3 is 0 Å². The maximum absolute atomic E-state index is 11.5. The fourth-order valence-electron chi connectivity index (χ4n) is 5.42. The molecule has 3 aromatic rings. The van der Waals surface area contributed by atoms with Crippen LogP contribution in [0, 0.1) is 0 Å². The molecule has 4 nitrogen and oxygen atoms in total. The number of rotatable bonds is 5. The van der Waals surface area contributed by atoms with Gasteiger partial charge in [0, 0.05) is 36.9 Å². The van der Waals surface area contributed by atoms with Crippen LogP contribution in [-0.4, -0.2) is 47.8 Å². The summed E-state index contributed by atoms with van der Waals surface area (Å²) in [6, 6.07) is 25.8. The smallest absolute Gasteiger partial charge is 0.0919 e. The second kappa shape index (κ2) is 8.87. The van der Waals surface area contributed by atoms with Crippen molar-refractivity contribution in [1.82, 2.24) is 4.90 Å². The van der Waals surface area contributed by atoms with Gasteiger partial charge in [0.1, 0.15) is 0 Å². The predicted octanol–water partition coefficient (Wildman–Crippen LogP) is 4.57. The molecule has 1 heterocycles. The van der Waals surface area contributed by atoms with Crippen LogP contribution in [0.5, 0.6) is 0 Å². The molecule has 1 aliphatic heterocycles. The molecule has 0 saturated carbocycles. The summed E-state index contributed by atoms with van der Waals surface area (Å²) in [5.74, 6) is 0. The van der Waals surface area contributed by atoms with Gasteiger partial charge in [0.15, 0.2) is 0 Å². The van der Waals surface area contributed by atoms with Crippen molar-refractivity contribution < 1.29 is 10.2 Å². The van der Waals surface area contributed by atoms with Crippen LogP contribution in [0.3, 0.4) is 0 Å². The minimum atomic E-state index is -0.738. The monoisotopic (exact) mass is 448 g/mol. The highest BCUT2D eigenvalue weighted by molar-refractivity contribution is 6.30. The summed E-state index contributed by atoms with van der Waals surface area (Å²) in [5.41, 5.74) is 3.15. The Kier molecular flexibility index (Phi) is 5.95. The SMILES string of the molecule is OC1c2ccccc2C(O)C1(CCN1CCN(c2ccc(Cl)cc2)CC1)c1ccccc1. The van der Waals surface area contributed by atoms with Crippen LogP contribution in [0.25, 0.3) is 0 Å². The van der Waals surface area contributed by atoms with Gasteiger partial charge in [-0.25, -0.2) is 0 Å². The first-order valence-corrected chi connectivity index (χ1v) is 11.7. The van der Waals surface area contributed by atoms with E-state index in [2.05, 4.69) is 21.9 Å². The molecule has 1 saturated heterocycles. The zero-order valence-electron chi connectivity index (χ0n) is 18.1. The van der Waals surface area contributed by atoms with Crippen LogP contribution in [0.15, 0.2) is 78.9 Å². The van der Waals surface area contributed by atoms with Crippen LogP contribution in [0.1, 0.15) is 35.3 Å². The van der Waals surface area contributed by atoms with Gasteiger partial charge in [-0.05, 0) is 53.9 Å². The number of fused-ring (bicyclic) bond motifs is 1. The second-order valence-corrected chi connectivity index (χ2v) is 9.33. The predicted molar refractivity (Wildman–Crippen MR) is 129 cm³/mol. The Balaban J connectivity index is 1.33. The second-order valence-electron chi connectivity index (χ2n) is 8.90. The molecule has 166 valence electrons. The Morgan fingerprint density at radius 2 is 1.31 bits per heavy atom. The third kappa shape index (κ3) is 3.71. The van der Waals surface area contributed by atoms with E-state index in [1.54, 1.807) is 0 Å². The number of piperazine rings is 1. The fourth-order valence-corrected chi connectivity index (χ4v) is 5.55. The van der Waals surface area contributed by atoms with E-state index in [9.17, 15) is 10.2 Å². The molecule has 2 aliphatic rings. The number of halogens is 1. The van der Waals surface area contributed by atoms with Crippen LogP contribution in [0.2, 0.25) is 5.02 Å². The molecule has 5 heteroatoms. The molecule has 2 unspecified atom stereocenters. The molecule has 2 N–H and O–H groups in total. The number of benzene rings is 3. The van der Waals surface area contributed by atoms with Crippen molar-refractivity contribution in [2.24, 2.45) is 0 Å². The molecule has 0 amide bonds. The van der Waals surface area contributed by atoms with Crippen molar-refractivity contribution in [3.63, 3.8) is 0 Å². The van der Waals surface area contributed by atoms with E-state index in [4.69, 9.17) is 11.6 Å². The molecular formula is C27H29ClN2O2. The van der Waals surface area contributed by atoms with Crippen molar-refractivity contribution >= 4 is 17.3 Å². The van der Waals surface area contributed by atoms with Gasteiger partial charge in [0.25, 0.3) is 0 Å². The molecule has 0 aromatic heterocycles. The van der Waals surface area contributed by atoms with E-state index < -0.39 is 17.6 Å². The van der Waals surface area contributed by atoms with Gasteiger partial charge in [-0.15, -0.1) is 0 Å². The Labute approximate surface area is 194 Å². The minimum Gasteiger partial charge on any atom is -0.387 e. The first-order valence-electron chi connectivity index (χ1n) is 11.3. The van der Waals surface area contributed by atoms with Crippen LogP contribution in [-0.2, 0) is 5.41 Å². The van der Waals surface area contributed by atoms with Gasteiger partial charge in [0.05, 0.1) is 17.6 Å². The lowest BCUT2D eigenvalue weighted by Crippen LogP contribution is -2.48. The van der Waals surface area contributed by atoms with Crippen molar-refractivity contribution in [2.45, 2.75) is 24.0 Å². The molecule has 32 heavy (non-hydrogen) atoms. The van der Waals surface area contributed by atoms with E-state index >= 15 is 0 Å². The molecule has 1 aliphatic carbocycles. The lowest BCUT2D eigenvalue weighted by molar-refractivity contribution is -0.00757. The largest absolute Gasteiger partial charge is 0.387 e. The first-order chi connectivity index (χ1) is 15.6. The summed E-state index contributed by atoms with van der Waals surface area (Å²) in [6.45, 7) is 4.63. The highest BCUT2D eigenvalue weighted by Gasteiger charge is 2.53. The third-order valence-corrected chi connectivity index (χ3v) is 7.53. The van der Waals surface area contributed by atoms with Crippen molar-refractivity contribution in [3.05, 3.63) is 101 Å². The van der Waals surface area contributed by atoms with Crippen LogP contribution in [0.4, 0.5) is 5.69 Å². The summed E-state index contributed by atoms with van der Waals surface area (Å²) >= 11 is 6.03. The molecule has 5 rings (SSSR count). The molecule has 0 radical (unpaired) electrons. The number of aliphatic hydroxyl groups is 2. The normalized spacial score (nSPS) is 25.7. The highest BCUT2D eigenvalue weighted by atomic mass is 35.5. The Morgan fingerprint density at radius 1 is 0.750 bits per heavy atom. The molecule has 3 aromatic carbocycles. The average Bonchev–Trinajstić information content (AvgIpc) is 3.07.